The number of aliphatic hydroxyl groups is 1. The van der Waals surface area contributed by atoms with Gasteiger partial charge in [-0.3, -0.25) is 0 Å². The van der Waals surface area contributed by atoms with E-state index in [1.165, 1.54) is 37.7 Å². The topological polar surface area (TPSA) is 20.2 Å². The van der Waals surface area contributed by atoms with Crippen LogP contribution < -0.4 is 0 Å². The van der Waals surface area contributed by atoms with Crippen molar-refractivity contribution in [1.29, 1.82) is 0 Å². The van der Waals surface area contributed by atoms with E-state index in [-0.39, 0.29) is 6.10 Å². The summed E-state index contributed by atoms with van der Waals surface area (Å²) in [5.41, 5.74) is 2.20. The molecular weight excluding hydrogens is 368 g/mol. The van der Waals surface area contributed by atoms with Crippen LogP contribution >= 0.6 is 31.9 Å². The highest BCUT2D eigenvalue weighted by Gasteiger charge is 2.18. The Morgan fingerprint density at radius 3 is 2.53 bits per heavy atom. The molecule has 1 atom stereocenters. The molecule has 1 aliphatic carbocycles. The minimum absolute atomic E-state index is 0.354. The maximum atomic E-state index is 10.4. The van der Waals surface area contributed by atoms with E-state index in [0.717, 1.165) is 33.3 Å². The number of rotatable bonds is 4. The van der Waals surface area contributed by atoms with Crippen molar-refractivity contribution in [3.63, 3.8) is 0 Å². The zero-order valence-electron chi connectivity index (χ0n) is 11.5. The minimum atomic E-state index is -0.354. The lowest BCUT2D eigenvalue weighted by atomic mass is 9.85. The molecule has 0 aromatic heterocycles. The van der Waals surface area contributed by atoms with Crippen molar-refractivity contribution in [2.45, 2.75) is 58.0 Å². The molecule has 0 radical (unpaired) electrons. The van der Waals surface area contributed by atoms with E-state index in [2.05, 4.69) is 44.8 Å². The third-order valence-corrected chi connectivity index (χ3v) is 5.75. The van der Waals surface area contributed by atoms with Gasteiger partial charge in [-0.25, -0.2) is 0 Å². The van der Waals surface area contributed by atoms with Crippen molar-refractivity contribution in [3.05, 3.63) is 32.2 Å². The lowest BCUT2D eigenvalue weighted by Gasteiger charge is -2.23. The Kier molecular flexibility index (Phi) is 5.91. The molecule has 19 heavy (non-hydrogen) atoms. The lowest BCUT2D eigenvalue weighted by Crippen LogP contribution is -2.09. The number of benzene rings is 1. The normalized spacial score (nSPS) is 18.5. The summed E-state index contributed by atoms with van der Waals surface area (Å²) in [4.78, 5) is 0. The Morgan fingerprint density at radius 2 is 1.84 bits per heavy atom. The third kappa shape index (κ3) is 4.30. The molecule has 0 saturated heterocycles. The second-order valence-electron chi connectivity index (χ2n) is 5.72. The number of halogens is 2. The van der Waals surface area contributed by atoms with Crippen LogP contribution in [0.1, 0.15) is 62.2 Å². The molecule has 1 aromatic carbocycles. The molecule has 106 valence electrons. The highest BCUT2D eigenvalue weighted by atomic mass is 79.9. The van der Waals surface area contributed by atoms with Gasteiger partial charge in [0, 0.05) is 8.95 Å². The molecule has 1 aliphatic rings. The molecule has 1 fully saturated rings. The van der Waals surface area contributed by atoms with Gasteiger partial charge in [-0.05, 0) is 48.9 Å². The predicted octanol–water partition coefficient (Wildman–Crippen LogP) is 5.91. The second-order valence-corrected chi connectivity index (χ2v) is 7.43. The largest absolute Gasteiger partial charge is 0.388 e. The van der Waals surface area contributed by atoms with Crippen LogP contribution in [0.2, 0.25) is 0 Å². The van der Waals surface area contributed by atoms with Gasteiger partial charge in [0.25, 0.3) is 0 Å². The van der Waals surface area contributed by atoms with Gasteiger partial charge >= 0.3 is 0 Å². The molecule has 0 heterocycles. The molecule has 1 N–H and O–H groups in total. The van der Waals surface area contributed by atoms with Crippen molar-refractivity contribution in [2.75, 3.05) is 0 Å². The van der Waals surface area contributed by atoms with E-state index >= 15 is 0 Å². The summed E-state index contributed by atoms with van der Waals surface area (Å²) in [5.74, 6) is 0.830. The molecule has 2 rings (SSSR count). The van der Waals surface area contributed by atoms with E-state index in [4.69, 9.17) is 0 Å². The number of aryl methyl sites for hydroxylation is 1. The Bertz CT molecular complexity index is 425. The summed E-state index contributed by atoms with van der Waals surface area (Å²) < 4.78 is 2.09. The zero-order chi connectivity index (χ0) is 13.8. The van der Waals surface area contributed by atoms with Gasteiger partial charge < -0.3 is 5.11 Å². The standard InChI is InChI=1S/C16H22Br2O/c1-11-9-15(18)13(10-14(11)17)16(19)8-7-12-5-3-2-4-6-12/h9-10,12,16,19H,2-8H2,1H3. The van der Waals surface area contributed by atoms with Crippen LogP contribution in [0, 0.1) is 12.8 Å². The fourth-order valence-corrected chi connectivity index (χ4v) is 4.03. The summed E-state index contributed by atoms with van der Waals surface area (Å²) >= 11 is 7.11. The maximum Gasteiger partial charge on any atom is 0.0801 e. The Labute approximate surface area is 133 Å². The number of hydrogen-bond acceptors (Lipinski definition) is 1. The summed E-state index contributed by atoms with van der Waals surface area (Å²) in [7, 11) is 0. The van der Waals surface area contributed by atoms with Crippen LogP contribution in [-0.2, 0) is 0 Å². The SMILES string of the molecule is Cc1cc(Br)c(C(O)CCC2CCCCC2)cc1Br. The fraction of sp³-hybridized carbons (Fsp3) is 0.625. The Balaban J connectivity index is 1.95. The van der Waals surface area contributed by atoms with Gasteiger partial charge in [0.15, 0.2) is 0 Å². The molecule has 3 heteroatoms. The van der Waals surface area contributed by atoms with Gasteiger partial charge in [-0.15, -0.1) is 0 Å². The highest BCUT2D eigenvalue weighted by Crippen LogP contribution is 2.34. The van der Waals surface area contributed by atoms with Crippen molar-refractivity contribution in [1.82, 2.24) is 0 Å². The summed E-state index contributed by atoms with van der Waals surface area (Å²) in [6.07, 6.45) is 8.53. The average Bonchev–Trinajstić information content (AvgIpc) is 2.41. The van der Waals surface area contributed by atoms with E-state index in [0.29, 0.717) is 0 Å². The van der Waals surface area contributed by atoms with Gasteiger partial charge in [0.05, 0.1) is 6.10 Å². The summed E-state index contributed by atoms with van der Waals surface area (Å²) in [6, 6.07) is 4.12. The molecule has 1 nitrogen and oxygen atoms in total. The first-order valence-corrected chi connectivity index (χ1v) is 8.80. The van der Waals surface area contributed by atoms with E-state index < -0.39 is 0 Å². The molecule has 1 saturated carbocycles. The predicted molar refractivity (Wildman–Crippen MR) is 87.3 cm³/mol. The van der Waals surface area contributed by atoms with Crippen LogP contribution in [0.25, 0.3) is 0 Å². The first-order chi connectivity index (χ1) is 9.08. The van der Waals surface area contributed by atoms with Crippen molar-refractivity contribution >= 4 is 31.9 Å². The van der Waals surface area contributed by atoms with Crippen LogP contribution in [0.5, 0.6) is 0 Å². The minimum Gasteiger partial charge on any atom is -0.388 e. The lowest BCUT2D eigenvalue weighted by molar-refractivity contribution is 0.150. The highest BCUT2D eigenvalue weighted by molar-refractivity contribution is 9.11. The summed E-state index contributed by atoms with van der Waals surface area (Å²) in [5, 5.41) is 10.4. The van der Waals surface area contributed by atoms with Gasteiger partial charge in [0.2, 0.25) is 0 Å². The second kappa shape index (κ2) is 7.24. The monoisotopic (exact) mass is 388 g/mol. The van der Waals surface area contributed by atoms with E-state index in [1.54, 1.807) is 0 Å². The average molecular weight is 390 g/mol. The van der Waals surface area contributed by atoms with Gasteiger partial charge in [0.1, 0.15) is 0 Å². The van der Waals surface area contributed by atoms with Crippen molar-refractivity contribution < 1.29 is 5.11 Å². The molecule has 0 aliphatic heterocycles. The van der Waals surface area contributed by atoms with Crippen molar-refractivity contribution in [3.8, 4) is 0 Å². The number of hydrogen-bond donors (Lipinski definition) is 1. The maximum absolute atomic E-state index is 10.4. The molecule has 1 unspecified atom stereocenters. The van der Waals surface area contributed by atoms with Crippen LogP contribution in [0.4, 0.5) is 0 Å². The fourth-order valence-electron chi connectivity index (χ4n) is 2.94. The molecular formula is C16H22Br2O. The first kappa shape index (κ1) is 15.5. The Morgan fingerprint density at radius 1 is 1.16 bits per heavy atom. The molecule has 0 spiro atoms. The molecule has 0 bridgehead atoms. The molecule has 1 aromatic rings. The van der Waals surface area contributed by atoms with E-state index in [1.807, 2.05) is 6.07 Å². The quantitative estimate of drug-likeness (QED) is 0.678. The first-order valence-electron chi connectivity index (χ1n) is 7.21. The smallest absolute Gasteiger partial charge is 0.0801 e. The van der Waals surface area contributed by atoms with Crippen molar-refractivity contribution in [2.24, 2.45) is 5.92 Å². The van der Waals surface area contributed by atoms with Gasteiger partial charge in [-0.1, -0.05) is 64.0 Å². The summed E-state index contributed by atoms with van der Waals surface area (Å²) in [6.45, 7) is 2.06. The van der Waals surface area contributed by atoms with Crippen LogP contribution in [-0.4, -0.2) is 5.11 Å². The van der Waals surface area contributed by atoms with Crippen LogP contribution in [0.3, 0.4) is 0 Å². The van der Waals surface area contributed by atoms with Crippen LogP contribution in [0.15, 0.2) is 21.1 Å². The zero-order valence-corrected chi connectivity index (χ0v) is 14.6. The van der Waals surface area contributed by atoms with Gasteiger partial charge in [-0.2, -0.15) is 0 Å². The van der Waals surface area contributed by atoms with E-state index in [9.17, 15) is 5.11 Å². The Hall–Kier alpha value is 0.140. The number of aliphatic hydroxyl groups excluding tert-OH is 1. The molecule has 0 amide bonds. The third-order valence-electron chi connectivity index (χ3n) is 4.21.